The summed E-state index contributed by atoms with van der Waals surface area (Å²) in [7, 11) is 2.15. The molecule has 1 aromatic heterocycles. The second-order valence-corrected chi connectivity index (χ2v) is 3.48. The van der Waals surface area contributed by atoms with Gasteiger partial charge in [-0.1, -0.05) is 26.0 Å². The Kier molecular flexibility index (Phi) is 5.05. The first-order valence-electron chi connectivity index (χ1n) is 5.64. The lowest BCUT2D eigenvalue weighted by Crippen LogP contribution is -2.23. The van der Waals surface area contributed by atoms with Gasteiger partial charge in [0.15, 0.2) is 0 Å². The molecule has 0 aliphatic carbocycles. The Balaban J connectivity index is 0.000000531. The van der Waals surface area contributed by atoms with Crippen LogP contribution in [0.1, 0.15) is 25.8 Å². The van der Waals surface area contributed by atoms with E-state index in [0.717, 1.165) is 19.5 Å². The molecule has 1 aliphatic heterocycles. The Bertz CT molecular complexity index is 304. The van der Waals surface area contributed by atoms with Crippen LogP contribution in [0, 0.1) is 0 Å². The molecule has 0 fully saturated rings. The van der Waals surface area contributed by atoms with Gasteiger partial charge in [-0.05, 0) is 30.7 Å². The Hall–Kier alpha value is -1.15. The molecule has 1 aliphatic rings. The minimum atomic E-state index is 1.06. The first-order chi connectivity index (χ1) is 7.36. The van der Waals surface area contributed by atoms with Gasteiger partial charge in [0.2, 0.25) is 0 Å². The van der Waals surface area contributed by atoms with Gasteiger partial charge in [-0.3, -0.25) is 4.98 Å². The Labute approximate surface area is 92.6 Å². The summed E-state index contributed by atoms with van der Waals surface area (Å²) in [5.74, 6) is 0. The lowest BCUT2D eigenvalue weighted by atomic mass is 10.0. The quantitative estimate of drug-likeness (QED) is 0.699. The normalized spacial score (nSPS) is 16.3. The smallest absolute Gasteiger partial charge is 0.0342 e. The van der Waals surface area contributed by atoms with Crippen LogP contribution >= 0.6 is 0 Å². The maximum Gasteiger partial charge on any atom is 0.0342 e. The van der Waals surface area contributed by atoms with E-state index >= 15 is 0 Å². The number of rotatable bonds is 1. The van der Waals surface area contributed by atoms with Crippen LogP contribution < -0.4 is 0 Å². The van der Waals surface area contributed by atoms with Crippen LogP contribution in [0.25, 0.3) is 5.57 Å². The maximum absolute atomic E-state index is 4.12. The molecule has 0 atom stereocenters. The number of likely N-dealkylation sites (N-methyl/N-ethyl adjacent to an activating group) is 1. The molecule has 2 heteroatoms. The third kappa shape index (κ3) is 3.48. The highest BCUT2D eigenvalue weighted by Crippen LogP contribution is 2.20. The van der Waals surface area contributed by atoms with E-state index in [0.29, 0.717) is 0 Å². The Morgan fingerprint density at radius 1 is 1.33 bits per heavy atom. The van der Waals surface area contributed by atoms with Crippen molar-refractivity contribution < 1.29 is 0 Å². The third-order valence-corrected chi connectivity index (χ3v) is 2.44. The molecule has 0 amide bonds. The van der Waals surface area contributed by atoms with Gasteiger partial charge >= 0.3 is 0 Å². The molecular weight excluding hydrogens is 184 g/mol. The van der Waals surface area contributed by atoms with E-state index < -0.39 is 0 Å². The number of hydrogen-bond donors (Lipinski definition) is 0. The zero-order valence-corrected chi connectivity index (χ0v) is 9.90. The summed E-state index contributed by atoms with van der Waals surface area (Å²) in [6.45, 7) is 6.21. The van der Waals surface area contributed by atoms with Crippen LogP contribution in [-0.2, 0) is 0 Å². The maximum atomic E-state index is 4.12. The predicted molar refractivity (Wildman–Crippen MR) is 65.7 cm³/mol. The van der Waals surface area contributed by atoms with Crippen molar-refractivity contribution >= 4 is 5.57 Å². The van der Waals surface area contributed by atoms with E-state index in [1.165, 1.54) is 11.1 Å². The summed E-state index contributed by atoms with van der Waals surface area (Å²) in [6.07, 6.45) is 7.19. The van der Waals surface area contributed by atoms with E-state index in [9.17, 15) is 0 Å². The summed E-state index contributed by atoms with van der Waals surface area (Å²) in [4.78, 5) is 6.44. The average Bonchev–Trinajstić information content (AvgIpc) is 2.34. The van der Waals surface area contributed by atoms with E-state index in [1.54, 1.807) is 0 Å². The lowest BCUT2D eigenvalue weighted by Gasteiger charge is -2.21. The number of aromatic nitrogens is 1. The molecule has 0 spiro atoms. The zero-order chi connectivity index (χ0) is 11.1. The summed E-state index contributed by atoms with van der Waals surface area (Å²) in [6, 6.07) is 4.12. The molecule has 0 saturated heterocycles. The molecular formula is C13H20N2. The first kappa shape index (κ1) is 11.9. The van der Waals surface area contributed by atoms with Crippen molar-refractivity contribution in [3.05, 3.63) is 36.2 Å². The minimum Gasteiger partial charge on any atom is -0.302 e. The fourth-order valence-corrected chi connectivity index (χ4v) is 1.59. The van der Waals surface area contributed by atoms with Crippen LogP contribution in [0.5, 0.6) is 0 Å². The van der Waals surface area contributed by atoms with Crippen molar-refractivity contribution in [3.63, 3.8) is 0 Å². The first-order valence-corrected chi connectivity index (χ1v) is 5.64. The van der Waals surface area contributed by atoms with Crippen molar-refractivity contribution in [3.8, 4) is 0 Å². The van der Waals surface area contributed by atoms with Crippen LogP contribution in [0.4, 0.5) is 0 Å². The van der Waals surface area contributed by atoms with Gasteiger partial charge in [0.25, 0.3) is 0 Å². The lowest BCUT2D eigenvalue weighted by molar-refractivity contribution is 0.370. The molecule has 0 radical (unpaired) electrons. The Morgan fingerprint density at radius 2 is 2.13 bits per heavy atom. The van der Waals surface area contributed by atoms with E-state index in [4.69, 9.17) is 0 Å². The topological polar surface area (TPSA) is 16.1 Å². The molecule has 2 nitrogen and oxygen atoms in total. The molecule has 0 aromatic carbocycles. The average molecular weight is 204 g/mol. The van der Waals surface area contributed by atoms with E-state index in [1.807, 2.05) is 32.3 Å². The van der Waals surface area contributed by atoms with Crippen LogP contribution in [-0.4, -0.2) is 30.0 Å². The van der Waals surface area contributed by atoms with Crippen molar-refractivity contribution in [1.29, 1.82) is 0 Å². The molecule has 2 heterocycles. The fraction of sp³-hybridized carbons (Fsp3) is 0.462. The van der Waals surface area contributed by atoms with Gasteiger partial charge in [0.05, 0.1) is 0 Å². The van der Waals surface area contributed by atoms with Gasteiger partial charge < -0.3 is 4.90 Å². The molecule has 15 heavy (non-hydrogen) atoms. The summed E-state index contributed by atoms with van der Waals surface area (Å²) >= 11 is 0. The number of nitrogens with zero attached hydrogens (tertiary/aromatic N) is 2. The fourth-order valence-electron chi connectivity index (χ4n) is 1.59. The van der Waals surface area contributed by atoms with E-state index in [-0.39, 0.29) is 0 Å². The third-order valence-electron chi connectivity index (χ3n) is 2.44. The van der Waals surface area contributed by atoms with E-state index in [2.05, 4.69) is 29.1 Å². The summed E-state index contributed by atoms with van der Waals surface area (Å²) in [5.41, 5.74) is 2.71. The number of hydrogen-bond acceptors (Lipinski definition) is 2. The molecule has 2 rings (SSSR count). The highest BCUT2D eigenvalue weighted by atomic mass is 15.1. The highest BCUT2D eigenvalue weighted by Gasteiger charge is 2.08. The molecule has 82 valence electrons. The minimum absolute atomic E-state index is 1.06. The SMILES string of the molecule is CC.CN1CC=C(c2cccnc2)CC1. The molecule has 1 aromatic rings. The molecule has 0 unspecified atom stereocenters. The van der Waals surface area contributed by atoms with Gasteiger partial charge in [-0.2, -0.15) is 0 Å². The zero-order valence-electron chi connectivity index (χ0n) is 9.90. The predicted octanol–water partition coefficient (Wildman–Crippen LogP) is 2.83. The monoisotopic (exact) mass is 204 g/mol. The summed E-state index contributed by atoms with van der Waals surface area (Å²) in [5, 5.41) is 0. The largest absolute Gasteiger partial charge is 0.302 e. The second kappa shape index (κ2) is 6.36. The van der Waals surface area contributed by atoms with Crippen LogP contribution in [0.3, 0.4) is 0 Å². The van der Waals surface area contributed by atoms with Gasteiger partial charge in [0, 0.05) is 25.5 Å². The van der Waals surface area contributed by atoms with Crippen LogP contribution in [0.15, 0.2) is 30.6 Å². The van der Waals surface area contributed by atoms with Crippen molar-refractivity contribution in [2.45, 2.75) is 20.3 Å². The van der Waals surface area contributed by atoms with Gasteiger partial charge in [0.1, 0.15) is 0 Å². The Morgan fingerprint density at radius 3 is 2.67 bits per heavy atom. The van der Waals surface area contributed by atoms with Gasteiger partial charge in [-0.15, -0.1) is 0 Å². The van der Waals surface area contributed by atoms with Crippen LogP contribution in [0.2, 0.25) is 0 Å². The molecule has 0 saturated carbocycles. The second-order valence-electron chi connectivity index (χ2n) is 3.48. The van der Waals surface area contributed by atoms with Crippen molar-refractivity contribution in [2.75, 3.05) is 20.1 Å². The summed E-state index contributed by atoms with van der Waals surface area (Å²) < 4.78 is 0. The van der Waals surface area contributed by atoms with Crippen molar-refractivity contribution in [1.82, 2.24) is 9.88 Å². The standard InChI is InChI=1S/C11H14N2.C2H6/c1-13-7-4-10(5-8-13)11-3-2-6-12-9-11;1-2/h2-4,6,9H,5,7-8H2,1H3;1-2H3. The van der Waals surface area contributed by atoms with Crippen molar-refractivity contribution in [2.24, 2.45) is 0 Å². The van der Waals surface area contributed by atoms with Gasteiger partial charge in [-0.25, -0.2) is 0 Å². The highest BCUT2D eigenvalue weighted by molar-refractivity contribution is 5.65. The number of pyridine rings is 1. The molecule has 0 N–H and O–H groups in total. The molecule has 0 bridgehead atoms.